The SMILES string of the molecule is COCC(=O)NCCCCC(C)C. The number of amides is 1. The second-order valence-corrected chi connectivity index (χ2v) is 3.67. The minimum absolute atomic E-state index is 0.0213. The summed E-state index contributed by atoms with van der Waals surface area (Å²) in [4.78, 5) is 10.9. The van der Waals surface area contributed by atoms with Crippen molar-refractivity contribution in [3.8, 4) is 0 Å². The smallest absolute Gasteiger partial charge is 0.245 e. The lowest BCUT2D eigenvalue weighted by atomic mass is 10.1. The first-order chi connectivity index (χ1) is 6.16. The van der Waals surface area contributed by atoms with Gasteiger partial charge in [-0.3, -0.25) is 4.79 Å². The van der Waals surface area contributed by atoms with Crippen LogP contribution in [0.1, 0.15) is 33.1 Å². The molecule has 3 heteroatoms. The standard InChI is InChI=1S/C10H21NO2/c1-9(2)6-4-5-7-11-10(12)8-13-3/h9H,4-8H2,1-3H3,(H,11,12). The number of nitrogens with one attached hydrogen (secondary N) is 1. The molecule has 0 heterocycles. The van der Waals surface area contributed by atoms with Crippen molar-refractivity contribution in [1.82, 2.24) is 5.32 Å². The minimum atomic E-state index is -0.0213. The highest BCUT2D eigenvalue weighted by Crippen LogP contribution is 2.04. The predicted octanol–water partition coefficient (Wildman–Crippen LogP) is 1.58. The molecule has 0 atom stereocenters. The van der Waals surface area contributed by atoms with Gasteiger partial charge in [-0.05, 0) is 12.3 Å². The summed E-state index contributed by atoms with van der Waals surface area (Å²) in [6.45, 7) is 5.37. The van der Waals surface area contributed by atoms with Crippen molar-refractivity contribution < 1.29 is 9.53 Å². The van der Waals surface area contributed by atoms with Gasteiger partial charge in [0.2, 0.25) is 5.91 Å². The number of ether oxygens (including phenoxy) is 1. The fraction of sp³-hybridized carbons (Fsp3) is 0.900. The Morgan fingerprint density at radius 2 is 2.08 bits per heavy atom. The van der Waals surface area contributed by atoms with Crippen LogP contribution in [0.2, 0.25) is 0 Å². The molecule has 78 valence electrons. The molecule has 0 aromatic heterocycles. The van der Waals surface area contributed by atoms with E-state index in [2.05, 4.69) is 23.9 Å². The highest BCUT2D eigenvalue weighted by Gasteiger charge is 1.98. The summed E-state index contributed by atoms with van der Waals surface area (Å²) in [6.07, 6.45) is 3.48. The average Bonchev–Trinajstić information content (AvgIpc) is 2.03. The van der Waals surface area contributed by atoms with E-state index >= 15 is 0 Å². The van der Waals surface area contributed by atoms with Crippen molar-refractivity contribution in [2.75, 3.05) is 20.3 Å². The first kappa shape index (κ1) is 12.4. The topological polar surface area (TPSA) is 38.3 Å². The lowest BCUT2D eigenvalue weighted by molar-refractivity contribution is -0.124. The largest absolute Gasteiger partial charge is 0.375 e. The van der Waals surface area contributed by atoms with E-state index in [0.717, 1.165) is 18.9 Å². The Kier molecular flexibility index (Phi) is 7.69. The maximum Gasteiger partial charge on any atom is 0.245 e. The van der Waals surface area contributed by atoms with Gasteiger partial charge in [0.25, 0.3) is 0 Å². The van der Waals surface area contributed by atoms with Gasteiger partial charge >= 0.3 is 0 Å². The molecular weight excluding hydrogens is 166 g/mol. The third-order valence-electron chi connectivity index (χ3n) is 1.81. The van der Waals surface area contributed by atoms with Gasteiger partial charge in [0.05, 0.1) is 0 Å². The molecule has 0 aliphatic rings. The molecule has 0 unspecified atom stereocenters. The van der Waals surface area contributed by atoms with Crippen molar-refractivity contribution >= 4 is 5.91 Å². The van der Waals surface area contributed by atoms with Crippen molar-refractivity contribution in [2.45, 2.75) is 33.1 Å². The van der Waals surface area contributed by atoms with Gasteiger partial charge in [-0.2, -0.15) is 0 Å². The highest BCUT2D eigenvalue weighted by atomic mass is 16.5. The second kappa shape index (κ2) is 8.05. The van der Waals surface area contributed by atoms with Gasteiger partial charge in [-0.15, -0.1) is 0 Å². The van der Waals surface area contributed by atoms with Crippen molar-refractivity contribution in [1.29, 1.82) is 0 Å². The molecule has 3 nitrogen and oxygen atoms in total. The van der Waals surface area contributed by atoms with Crippen LogP contribution in [0.4, 0.5) is 0 Å². The maximum absolute atomic E-state index is 10.9. The van der Waals surface area contributed by atoms with Crippen LogP contribution in [0.3, 0.4) is 0 Å². The van der Waals surface area contributed by atoms with Crippen LogP contribution < -0.4 is 5.32 Å². The Labute approximate surface area is 80.8 Å². The third-order valence-corrected chi connectivity index (χ3v) is 1.81. The van der Waals surface area contributed by atoms with Crippen molar-refractivity contribution in [3.05, 3.63) is 0 Å². The first-order valence-electron chi connectivity index (χ1n) is 4.92. The quantitative estimate of drug-likeness (QED) is 0.614. The van der Waals surface area contributed by atoms with E-state index in [4.69, 9.17) is 0 Å². The van der Waals surface area contributed by atoms with Crippen LogP contribution in [-0.4, -0.2) is 26.2 Å². The van der Waals surface area contributed by atoms with Crippen LogP contribution in [0.25, 0.3) is 0 Å². The van der Waals surface area contributed by atoms with E-state index in [1.54, 1.807) is 0 Å². The van der Waals surface area contributed by atoms with Crippen LogP contribution in [0.15, 0.2) is 0 Å². The lowest BCUT2D eigenvalue weighted by Gasteiger charge is -2.05. The van der Waals surface area contributed by atoms with Crippen LogP contribution >= 0.6 is 0 Å². The van der Waals surface area contributed by atoms with E-state index in [9.17, 15) is 4.79 Å². The summed E-state index contributed by atoms with van der Waals surface area (Å²) in [7, 11) is 1.53. The summed E-state index contributed by atoms with van der Waals surface area (Å²) in [5.74, 6) is 0.738. The molecule has 0 aromatic rings. The fourth-order valence-electron chi connectivity index (χ4n) is 1.09. The number of hydrogen-bond donors (Lipinski definition) is 1. The van der Waals surface area contributed by atoms with E-state index in [0.29, 0.717) is 0 Å². The molecule has 1 N–H and O–H groups in total. The highest BCUT2D eigenvalue weighted by molar-refractivity contribution is 5.77. The second-order valence-electron chi connectivity index (χ2n) is 3.67. The van der Waals surface area contributed by atoms with Gasteiger partial charge in [0.1, 0.15) is 6.61 Å². The molecule has 0 aliphatic carbocycles. The number of carbonyl (C=O) groups excluding carboxylic acids is 1. The van der Waals surface area contributed by atoms with Crippen molar-refractivity contribution in [3.63, 3.8) is 0 Å². The van der Waals surface area contributed by atoms with Crippen LogP contribution in [-0.2, 0) is 9.53 Å². The molecule has 0 aromatic carbocycles. The van der Waals surface area contributed by atoms with Crippen molar-refractivity contribution in [2.24, 2.45) is 5.92 Å². The minimum Gasteiger partial charge on any atom is -0.375 e. The molecule has 0 fully saturated rings. The molecule has 0 saturated heterocycles. The zero-order chi connectivity index (χ0) is 10.1. The number of rotatable bonds is 7. The molecule has 0 bridgehead atoms. The van der Waals surface area contributed by atoms with E-state index in [-0.39, 0.29) is 12.5 Å². The zero-order valence-corrected chi connectivity index (χ0v) is 8.93. The van der Waals surface area contributed by atoms with Gasteiger partial charge in [-0.1, -0.05) is 26.7 Å². The Morgan fingerprint density at radius 1 is 1.38 bits per heavy atom. The monoisotopic (exact) mass is 187 g/mol. The van der Waals surface area contributed by atoms with E-state index in [1.165, 1.54) is 20.0 Å². The van der Waals surface area contributed by atoms with E-state index < -0.39 is 0 Å². The van der Waals surface area contributed by atoms with Crippen LogP contribution in [0, 0.1) is 5.92 Å². The predicted molar refractivity (Wildman–Crippen MR) is 53.6 cm³/mol. The first-order valence-corrected chi connectivity index (χ1v) is 4.92. The fourth-order valence-corrected chi connectivity index (χ4v) is 1.09. The molecule has 0 aliphatic heterocycles. The maximum atomic E-state index is 10.9. The van der Waals surface area contributed by atoms with Gasteiger partial charge in [0.15, 0.2) is 0 Å². The Morgan fingerprint density at radius 3 is 2.62 bits per heavy atom. The zero-order valence-electron chi connectivity index (χ0n) is 8.93. The molecule has 0 radical (unpaired) electrons. The number of methoxy groups -OCH3 is 1. The number of unbranched alkanes of at least 4 members (excludes halogenated alkanes) is 1. The lowest BCUT2D eigenvalue weighted by Crippen LogP contribution is -2.27. The van der Waals surface area contributed by atoms with Crippen LogP contribution in [0.5, 0.6) is 0 Å². The Hall–Kier alpha value is -0.570. The molecule has 13 heavy (non-hydrogen) atoms. The van der Waals surface area contributed by atoms with Gasteiger partial charge in [-0.25, -0.2) is 0 Å². The summed E-state index contributed by atoms with van der Waals surface area (Å²) in [6, 6.07) is 0. The summed E-state index contributed by atoms with van der Waals surface area (Å²) < 4.78 is 4.69. The normalized spacial score (nSPS) is 10.5. The summed E-state index contributed by atoms with van der Waals surface area (Å²) >= 11 is 0. The molecule has 1 amide bonds. The Balaban J connectivity index is 3.11. The van der Waals surface area contributed by atoms with Gasteiger partial charge in [0, 0.05) is 13.7 Å². The summed E-state index contributed by atoms with van der Waals surface area (Å²) in [5, 5.41) is 2.79. The summed E-state index contributed by atoms with van der Waals surface area (Å²) in [5.41, 5.74) is 0. The molecule has 0 spiro atoms. The average molecular weight is 187 g/mol. The number of carbonyl (C=O) groups is 1. The Bertz CT molecular complexity index is 135. The van der Waals surface area contributed by atoms with E-state index in [1.807, 2.05) is 0 Å². The molecule has 0 rings (SSSR count). The third kappa shape index (κ3) is 9.34. The van der Waals surface area contributed by atoms with Gasteiger partial charge < -0.3 is 10.1 Å². The molecular formula is C10H21NO2. The number of hydrogen-bond acceptors (Lipinski definition) is 2. The molecule has 0 saturated carbocycles.